The first-order valence-corrected chi connectivity index (χ1v) is 8.21. The van der Waals surface area contributed by atoms with E-state index in [4.69, 9.17) is 0 Å². The molecule has 0 atom stereocenters. The van der Waals surface area contributed by atoms with E-state index in [1.54, 1.807) is 11.3 Å². The van der Waals surface area contributed by atoms with Crippen LogP contribution in [0.5, 0.6) is 0 Å². The van der Waals surface area contributed by atoms with Crippen molar-refractivity contribution in [3.8, 4) is 0 Å². The first-order chi connectivity index (χ1) is 7.75. The zero-order chi connectivity index (χ0) is 11.4. The van der Waals surface area contributed by atoms with Gasteiger partial charge in [-0.05, 0) is 61.9 Å². The zero-order valence-electron chi connectivity index (χ0n) is 8.50. The zero-order valence-corrected chi connectivity index (χ0v) is 13.3. The van der Waals surface area contributed by atoms with Gasteiger partial charge in [-0.25, -0.2) is 0 Å². The highest BCUT2D eigenvalue weighted by molar-refractivity contribution is 9.11. The first-order valence-electron chi connectivity index (χ1n) is 4.92. The summed E-state index contributed by atoms with van der Waals surface area (Å²) in [6.45, 7) is 1.97. The molecule has 0 aromatic carbocycles. The number of halogens is 2. The molecule has 2 aromatic rings. The van der Waals surface area contributed by atoms with E-state index in [-0.39, 0.29) is 0 Å². The maximum atomic E-state index is 3.53. The molecule has 5 heteroatoms. The molecule has 0 bridgehead atoms. The van der Waals surface area contributed by atoms with Crippen LogP contribution >= 0.6 is 54.5 Å². The molecule has 2 aromatic heterocycles. The van der Waals surface area contributed by atoms with Gasteiger partial charge in [-0.3, -0.25) is 0 Å². The highest BCUT2D eigenvalue weighted by Gasteiger charge is 2.01. The topological polar surface area (TPSA) is 12.0 Å². The van der Waals surface area contributed by atoms with E-state index in [0.717, 1.165) is 19.5 Å². The van der Waals surface area contributed by atoms with E-state index < -0.39 is 0 Å². The quantitative estimate of drug-likeness (QED) is 0.743. The Hall–Kier alpha value is 0.320. The highest BCUT2D eigenvalue weighted by Crippen LogP contribution is 2.23. The van der Waals surface area contributed by atoms with Crippen molar-refractivity contribution in [2.24, 2.45) is 0 Å². The van der Waals surface area contributed by atoms with Crippen LogP contribution in [0.15, 0.2) is 31.8 Å². The van der Waals surface area contributed by atoms with Gasteiger partial charge < -0.3 is 5.32 Å². The van der Waals surface area contributed by atoms with Crippen LogP contribution in [0, 0.1) is 0 Å². The summed E-state index contributed by atoms with van der Waals surface area (Å²) < 4.78 is 2.42. The normalized spacial score (nSPS) is 10.9. The fourth-order valence-corrected chi connectivity index (χ4v) is 4.30. The molecule has 86 valence electrons. The molecule has 0 saturated carbocycles. The fourth-order valence-electron chi connectivity index (χ4n) is 1.35. The van der Waals surface area contributed by atoms with Crippen LogP contribution in [0.1, 0.15) is 9.75 Å². The van der Waals surface area contributed by atoms with Gasteiger partial charge in [-0.1, -0.05) is 0 Å². The second-order valence-electron chi connectivity index (χ2n) is 3.32. The Kier molecular flexibility index (Phi) is 5.03. The van der Waals surface area contributed by atoms with Gasteiger partial charge in [-0.15, -0.1) is 22.7 Å². The SMILES string of the molecule is Brc1ccc(CCNCc2sccc2Br)s1. The van der Waals surface area contributed by atoms with E-state index in [0.29, 0.717) is 0 Å². The lowest BCUT2D eigenvalue weighted by Gasteiger charge is -2.02. The van der Waals surface area contributed by atoms with Gasteiger partial charge in [0.05, 0.1) is 3.79 Å². The molecule has 0 aliphatic carbocycles. The van der Waals surface area contributed by atoms with Crippen molar-refractivity contribution in [2.75, 3.05) is 6.54 Å². The average Bonchev–Trinajstić information content (AvgIpc) is 2.83. The number of thiophene rings is 2. The molecule has 0 fully saturated rings. The van der Waals surface area contributed by atoms with Gasteiger partial charge in [0, 0.05) is 27.3 Å². The fraction of sp³-hybridized carbons (Fsp3) is 0.273. The molecule has 2 heterocycles. The lowest BCUT2D eigenvalue weighted by atomic mass is 10.3. The standard InChI is InChI=1S/C11H11Br2NS2/c12-9-4-6-15-10(9)7-14-5-3-8-1-2-11(13)16-8/h1-2,4,6,14H,3,5,7H2. The third-order valence-corrected chi connectivity index (χ3v) is 5.76. The van der Waals surface area contributed by atoms with Crippen molar-refractivity contribution < 1.29 is 0 Å². The molecule has 16 heavy (non-hydrogen) atoms. The lowest BCUT2D eigenvalue weighted by molar-refractivity contribution is 0.696. The number of nitrogens with one attached hydrogen (secondary N) is 1. The third-order valence-electron chi connectivity index (χ3n) is 2.15. The monoisotopic (exact) mass is 379 g/mol. The van der Waals surface area contributed by atoms with Crippen LogP contribution in [0.4, 0.5) is 0 Å². The van der Waals surface area contributed by atoms with Gasteiger partial charge in [-0.2, -0.15) is 0 Å². The van der Waals surface area contributed by atoms with E-state index in [2.05, 4.69) is 60.8 Å². The van der Waals surface area contributed by atoms with Gasteiger partial charge in [0.15, 0.2) is 0 Å². The first kappa shape index (κ1) is 12.8. The Balaban J connectivity index is 1.71. The average molecular weight is 381 g/mol. The minimum absolute atomic E-state index is 0.949. The van der Waals surface area contributed by atoms with Gasteiger partial charge >= 0.3 is 0 Å². The van der Waals surface area contributed by atoms with Gasteiger partial charge in [0.2, 0.25) is 0 Å². The molecular formula is C11H11Br2NS2. The Labute approximate surface area is 120 Å². The van der Waals surface area contributed by atoms with Crippen LogP contribution in [0.25, 0.3) is 0 Å². The molecular weight excluding hydrogens is 370 g/mol. The van der Waals surface area contributed by atoms with Crippen molar-refractivity contribution in [1.82, 2.24) is 5.32 Å². The molecule has 0 radical (unpaired) electrons. The van der Waals surface area contributed by atoms with Crippen molar-refractivity contribution >= 4 is 54.5 Å². The maximum Gasteiger partial charge on any atom is 0.0701 e. The molecule has 1 N–H and O–H groups in total. The molecule has 2 rings (SSSR count). The summed E-state index contributed by atoms with van der Waals surface area (Å²) in [5.74, 6) is 0. The van der Waals surface area contributed by atoms with Crippen LogP contribution < -0.4 is 5.32 Å². The van der Waals surface area contributed by atoms with Gasteiger partial charge in [0.1, 0.15) is 0 Å². The summed E-state index contributed by atoms with van der Waals surface area (Å²) in [5, 5.41) is 5.57. The molecule has 0 aliphatic heterocycles. The number of hydrogen-bond acceptors (Lipinski definition) is 3. The molecule has 0 aliphatic rings. The van der Waals surface area contributed by atoms with E-state index >= 15 is 0 Å². The molecule has 1 nitrogen and oxygen atoms in total. The summed E-state index contributed by atoms with van der Waals surface area (Å²) in [5.41, 5.74) is 0. The predicted octanol–water partition coefficient (Wildman–Crippen LogP) is 4.67. The minimum Gasteiger partial charge on any atom is -0.311 e. The Morgan fingerprint density at radius 1 is 1.19 bits per heavy atom. The highest BCUT2D eigenvalue weighted by atomic mass is 79.9. The van der Waals surface area contributed by atoms with Crippen LogP contribution in [0.3, 0.4) is 0 Å². The summed E-state index contributed by atoms with van der Waals surface area (Å²) in [4.78, 5) is 2.79. The van der Waals surface area contributed by atoms with E-state index in [1.807, 2.05) is 11.3 Å². The van der Waals surface area contributed by atoms with Crippen molar-refractivity contribution in [1.29, 1.82) is 0 Å². The van der Waals surface area contributed by atoms with Crippen LogP contribution in [0.2, 0.25) is 0 Å². The number of hydrogen-bond donors (Lipinski definition) is 1. The van der Waals surface area contributed by atoms with Gasteiger partial charge in [0.25, 0.3) is 0 Å². The van der Waals surface area contributed by atoms with Crippen LogP contribution in [-0.4, -0.2) is 6.54 Å². The minimum atomic E-state index is 0.949. The summed E-state index contributed by atoms with van der Waals surface area (Å²) in [6, 6.07) is 6.38. The van der Waals surface area contributed by atoms with Crippen molar-refractivity contribution in [2.45, 2.75) is 13.0 Å². The largest absolute Gasteiger partial charge is 0.311 e. The van der Waals surface area contributed by atoms with E-state index in [9.17, 15) is 0 Å². The summed E-state index contributed by atoms with van der Waals surface area (Å²) in [7, 11) is 0. The third kappa shape index (κ3) is 3.67. The molecule has 0 saturated heterocycles. The molecule has 0 unspecified atom stereocenters. The smallest absolute Gasteiger partial charge is 0.0701 e. The lowest BCUT2D eigenvalue weighted by Crippen LogP contribution is -2.15. The maximum absolute atomic E-state index is 3.53. The van der Waals surface area contributed by atoms with E-state index in [1.165, 1.54) is 18.0 Å². The summed E-state index contributed by atoms with van der Waals surface area (Å²) in [6.07, 6.45) is 1.10. The van der Waals surface area contributed by atoms with Crippen molar-refractivity contribution in [3.05, 3.63) is 41.6 Å². The Bertz CT molecular complexity index is 450. The number of rotatable bonds is 5. The van der Waals surface area contributed by atoms with Crippen molar-refractivity contribution in [3.63, 3.8) is 0 Å². The van der Waals surface area contributed by atoms with Crippen LogP contribution in [-0.2, 0) is 13.0 Å². The second-order valence-corrected chi connectivity index (χ2v) is 7.73. The second kappa shape index (κ2) is 6.31. The molecule has 0 spiro atoms. The summed E-state index contributed by atoms with van der Waals surface area (Å²) >= 11 is 10.6. The molecule has 0 amide bonds. The Morgan fingerprint density at radius 2 is 2.06 bits per heavy atom. The predicted molar refractivity (Wildman–Crippen MR) is 79.4 cm³/mol. The Morgan fingerprint density at radius 3 is 2.69 bits per heavy atom.